The Morgan fingerprint density at radius 1 is 0.912 bits per heavy atom. The van der Waals surface area contributed by atoms with Gasteiger partial charge in [-0.15, -0.1) is 0 Å². The number of nitrogens with zero attached hydrogens (tertiary/aromatic N) is 1. The largest absolute Gasteiger partial charge is 0.349 e. The summed E-state index contributed by atoms with van der Waals surface area (Å²) in [5, 5.41) is 3.07. The lowest BCUT2D eigenvalue weighted by molar-refractivity contribution is -0.122. The highest BCUT2D eigenvalue weighted by molar-refractivity contribution is 5.95. The second-order valence-electron chi connectivity index (χ2n) is 9.38. The average Bonchev–Trinajstić information content (AvgIpc) is 3.39. The highest BCUT2D eigenvalue weighted by Gasteiger charge is 2.28. The van der Waals surface area contributed by atoms with E-state index in [-0.39, 0.29) is 23.8 Å². The molecule has 1 aliphatic rings. The van der Waals surface area contributed by atoms with E-state index < -0.39 is 0 Å². The van der Waals surface area contributed by atoms with Gasteiger partial charge in [0, 0.05) is 11.6 Å². The van der Waals surface area contributed by atoms with Gasteiger partial charge in [-0.3, -0.25) is 9.59 Å². The third-order valence-electron chi connectivity index (χ3n) is 6.85. The van der Waals surface area contributed by atoms with Crippen LogP contribution in [0.2, 0.25) is 0 Å². The fraction of sp³-hybridized carbons (Fsp3) is 0.333. The maximum absolute atomic E-state index is 13.4. The predicted octanol–water partition coefficient (Wildman–Crippen LogP) is 6.14. The van der Waals surface area contributed by atoms with Crippen molar-refractivity contribution in [3.05, 3.63) is 101 Å². The van der Waals surface area contributed by atoms with Crippen LogP contribution in [-0.2, 0) is 22.6 Å². The number of carbonyl (C=O) groups is 2. The fourth-order valence-electron chi connectivity index (χ4n) is 4.74. The average molecular weight is 455 g/mol. The number of carbonyl (C=O) groups excluding carboxylic acids is 2. The molecule has 176 valence electrons. The SMILES string of the molecule is Cc1ccccc1CN(C(=O)C1CCCC1)c1ccc(CC(=O)NC(C)c2ccccc2)cc1. The van der Waals surface area contributed by atoms with E-state index in [4.69, 9.17) is 0 Å². The predicted molar refractivity (Wildman–Crippen MR) is 137 cm³/mol. The molecule has 0 radical (unpaired) electrons. The number of hydrogen-bond acceptors (Lipinski definition) is 2. The first-order valence-electron chi connectivity index (χ1n) is 12.3. The van der Waals surface area contributed by atoms with Gasteiger partial charge in [0.1, 0.15) is 0 Å². The van der Waals surface area contributed by atoms with E-state index >= 15 is 0 Å². The highest BCUT2D eigenvalue weighted by Crippen LogP contribution is 2.30. The number of rotatable bonds is 8. The van der Waals surface area contributed by atoms with Gasteiger partial charge < -0.3 is 10.2 Å². The molecule has 0 aromatic heterocycles. The number of nitrogens with one attached hydrogen (secondary N) is 1. The summed E-state index contributed by atoms with van der Waals surface area (Å²) in [4.78, 5) is 28.0. The van der Waals surface area contributed by atoms with Crippen molar-refractivity contribution < 1.29 is 9.59 Å². The summed E-state index contributed by atoms with van der Waals surface area (Å²) in [5.41, 5.74) is 5.26. The summed E-state index contributed by atoms with van der Waals surface area (Å²) in [5.74, 6) is 0.305. The third kappa shape index (κ3) is 5.93. The number of anilines is 1. The van der Waals surface area contributed by atoms with Crippen LogP contribution in [0.1, 0.15) is 60.9 Å². The van der Waals surface area contributed by atoms with E-state index in [9.17, 15) is 9.59 Å². The monoisotopic (exact) mass is 454 g/mol. The van der Waals surface area contributed by atoms with Gasteiger partial charge in [-0.1, -0.05) is 79.6 Å². The zero-order valence-corrected chi connectivity index (χ0v) is 20.2. The minimum atomic E-state index is -0.0402. The first kappa shape index (κ1) is 23.7. The molecule has 4 heteroatoms. The van der Waals surface area contributed by atoms with Gasteiger partial charge in [-0.2, -0.15) is 0 Å². The highest BCUT2D eigenvalue weighted by atomic mass is 16.2. The van der Waals surface area contributed by atoms with Crippen molar-refractivity contribution in [2.24, 2.45) is 5.92 Å². The number of amides is 2. The molecule has 2 amide bonds. The lowest BCUT2D eigenvalue weighted by Gasteiger charge is -2.27. The standard InChI is InChI=1S/C30H34N2O2/c1-22-10-6-7-15-27(22)21-32(30(34)26-13-8-9-14-26)28-18-16-24(17-19-28)20-29(33)31-23(2)25-11-4-3-5-12-25/h3-7,10-12,15-19,23,26H,8-9,13-14,20-21H2,1-2H3,(H,31,33). The molecule has 0 heterocycles. The maximum atomic E-state index is 13.4. The molecule has 4 nitrogen and oxygen atoms in total. The summed E-state index contributed by atoms with van der Waals surface area (Å²) in [6.45, 7) is 4.65. The van der Waals surface area contributed by atoms with E-state index in [1.807, 2.05) is 78.6 Å². The van der Waals surface area contributed by atoms with E-state index in [0.29, 0.717) is 13.0 Å². The summed E-state index contributed by atoms with van der Waals surface area (Å²) < 4.78 is 0. The van der Waals surface area contributed by atoms with Gasteiger partial charge in [-0.25, -0.2) is 0 Å². The van der Waals surface area contributed by atoms with Crippen LogP contribution >= 0.6 is 0 Å². The molecule has 0 saturated heterocycles. The first-order valence-corrected chi connectivity index (χ1v) is 12.3. The molecule has 1 atom stereocenters. The van der Waals surface area contributed by atoms with Gasteiger partial charge in [0.25, 0.3) is 0 Å². The molecular formula is C30H34N2O2. The zero-order valence-electron chi connectivity index (χ0n) is 20.2. The molecule has 1 aliphatic carbocycles. The van der Waals surface area contributed by atoms with E-state index in [0.717, 1.165) is 48.1 Å². The van der Waals surface area contributed by atoms with E-state index in [2.05, 4.69) is 24.4 Å². The summed E-state index contributed by atoms with van der Waals surface area (Å²) in [6, 6.07) is 26.1. The van der Waals surface area contributed by atoms with Crippen LogP contribution in [0.4, 0.5) is 5.69 Å². The van der Waals surface area contributed by atoms with Crippen molar-refractivity contribution in [2.75, 3.05) is 4.90 Å². The Bertz CT molecular complexity index is 1100. The van der Waals surface area contributed by atoms with E-state index in [1.54, 1.807) is 0 Å². The molecule has 1 saturated carbocycles. The summed E-state index contributed by atoms with van der Waals surface area (Å²) in [6.07, 6.45) is 4.52. The Morgan fingerprint density at radius 2 is 1.56 bits per heavy atom. The van der Waals surface area contributed by atoms with Crippen LogP contribution in [0, 0.1) is 12.8 Å². The molecule has 3 aromatic rings. The third-order valence-corrected chi connectivity index (χ3v) is 6.85. The Labute approximate surface area is 203 Å². The molecule has 1 fully saturated rings. The molecule has 0 spiro atoms. The number of benzene rings is 3. The maximum Gasteiger partial charge on any atom is 0.230 e. The van der Waals surface area contributed by atoms with Gasteiger partial charge >= 0.3 is 0 Å². The van der Waals surface area contributed by atoms with Crippen LogP contribution in [0.25, 0.3) is 0 Å². The van der Waals surface area contributed by atoms with Crippen LogP contribution in [0.15, 0.2) is 78.9 Å². The molecule has 3 aromatic carbocycles. The molecule has 34 heavy (non-hydrogen) atoms. The Morgan fingerprint density at radius 3 is 2.24 bits per heavy atom. The lowest BCUT2D eigenvalue weighted by Crippen LogP contribution is -2.35. The van der Waals surface area contributed by atoms with E-state index in [1.165, 1.54) is 5.56 Å². The normalized spacial score (nSPS) is 14.5. The van der Waals surface area contributed by atoms with Crippen molar-refractivity contribution >= 4 is 17.5 Å². The smallest absolute Gasteiger partial charge is 0.230 e. The van der Waals surface area contributed by atoms with Gasteiger partial charge in [0.15, 0.2) is 0 Å². The van der Waals surface area contributed by atoms with Crippen LogP contribution < -0.4 is 10.2 Å². The summed E-state index contributed by atoms with van der Waals surface area (Å²) >= 11 is 0. The van der Waals surface area contributed by atoms with Crippen molar-refractivity contribution in [1.82, 2.24) is 5.32 Å². The number of aryl methyl sites for hydroxylation is 1. The van der Waals surface area contributed by atoms with Gasteiger partial charge in [0.2, 0.25) is 11.8 Å². The molecular weight excluding hydrogens is 420 g/mol. The molecule has 0 aliphatic heterocycles. The molecule has 1 unspecified atom stereocenters. The Kier molecular flexibility index (Phi) is 7.79. The first-order chi connectivity index (χ1) is 16.5. The molecule has 0 bridgehead atoms. The Hall–Kier alpha value is -3.40. The molecule has 4 rings (SSSR count). The minimum Gasteiger partial charge on any atom is -0.349 e. The van der Waals surface area contributed by atoms with Crippen LogP contribution in [-0.4, -0.2) is 11.8 Å². The van der Waals surface area contributed by atoms with Crippen molar-refractivity contribution in [2.45, 2.75) is 58.5 Å². The van der Waals surface area contributed by atoms with Gasteiger partial charge in [-0.05, 0) is 61.1 Å². The quantitative estimate of drug-likeness (QED) is 0.445. The van der Waals surface area contributed by atoms with Crippen LogP contribution in [0.5, 0.6) is 0 Å². The minimum absolute atomic E-state index is 0.0112. The summed E-state index contributed by atoms with van der Waals surface area (Å²) in [7, 11) is 0. The number of hydrogen-bond donors (Lipinski definition) is 1. The van der Waals surface area contributed by atoms with Crippen molar-refractivity contribution in [3.63, 3.8) is 0 Å². The topological polar surface area (TPSA) is 49.4 Å². The Balaban J connectivity index is 1.46. The van der Waals surface area contributed by atoms with Crippen molar-refractivity contribution in [3.8, 4) is 0 Å². The second-order valence-corrected chi connectivity index (χ2v) is 9.38. The van der Waals surface area contributed by atoms with Crippen LogP contribution in [0.3, 0.4) is 0 Å². The molecule has 1 N–H and O–H groups in total. The lowest BCUT2D eigenvalue weighted by atomic mass is 10.0. The van der Waals surface area contributed by atoms with Crippen molar-refractivity contribution in [1.29, 1.82) is 0 Å². The second kappa shape index (κ2) is 11.1. The fourth-order valence-corrected chi connectivity index (χ4v) is 4.74. The van der Waals surface area contributed by atoms with Gasteiger partial charge in [0.05, 0.1) is 19.0 Å². The zero-order chi connectivity index (χ0) is 23.9.